The molecule has 19 heavy (non-hydrogen) atoms. The molecule has 3 rings (SSSR count). The zero-order chi connectivity index (χ0) is 13.1. The SMILES string of the molecule is N#Cc1ccccc1C[n+]1cccc2ccccc21. The Kier molecular flexibility index (Phi) is 2.96. The number of hydrogen-bond donors (Lipinski definition) is 0. The average molecular weight is 245 g/mol. The first kappa shape index (κ1) is 11.4. The van der Waals surface area contributed by atoms with Crippen LogP contribution in [-0.4, -0.2) is 0 Å². The van der Waals surface area contributed by atoms with Crippen molar-refractivity contribution in [1.29, 1.82) is 5.26 Å². The van der Waals surface area contributed by atoms with Gasteiger partial charge in [-0.05, 0) is 18.2 Å². The fraction of sp³-hybridized carbons (Fsp3) is 0.0588. The summed E-state index contributed by atoms with van der Waals surface area (Å²) in [6, 6.07) is 22.4. The first-order valence-corrected chi connectivity index (χ1v) is 6.24. The summed E-state index contributed by atoms with van der Waals surface area (Å²) in [6.07, 6.45) is 2.05. The third-order valence-electron chi connectivity index (χ3n) is 3.27. The predicted molar refractivity (Wildman–Crippen MR) is 74.4 cm³/mol. The molecule has 0 aliphatic heterocycles. The molecule has 0 unspecified atom stereocenters. The van der Waals surface area contributed by atoms with Crippen molar-refractivity contribution in [2.45, 2.75) is 6.54 Å². The van der Waals surface area contributed by atoms with Crippen molar-refractivity contribution in [3.05, 3.63) is 78.0 Å². The maximum absolute atomic E-state index is 9.15. The summed E-state index contributed by atoms with van der Waals surface area (Å²) in [4.78, 5) is 0. The smallest absolute Gasteiger partial charge is 0.194 e. The summed E-state index contributed by atoms with van der Waals surface area (Å²) >= 11 is 0. The van der Waals surface area contributed by atoms with E-state index in [-0.39, 0.29) is 0 Å². The van der Waals surface area contributed by atoms with E-state index < -0.39 is 0 Å². The van der Waals surface area contributed by atoms with E-state index in [9.17, 15) is 0 Å². The number of nitrogens with zero attached hydrogens (tertiary/aromatic N) is 2. The van der Waals surface area contributed by atoms with E-state index in [2.05, 4.69) is 35.0 Å². The number of pyridine rings is 1. The van der Waals surface area contributed by atoms with E-state index in [1.807, 2.05) is 42.5 Å². The molecule has 2 nitrogen and oxygen atoms in total. The summed E-state index contributed by atoms with van der Waals surface area (Å²) in [5.74, 6) is 0. The molecule has 1 heterocycles. The lowest BCUT2D eigenvalue weighted by Crippen LogP contribution is -2.34. The first-order chi connectivity index (χ1) is 9.38. The number of nitriles is 1. The Balaban J connectivity index is 2.09. The van der Waals surface area contributed by atoms with Crippen LogP contribution in [0.25, 0.3) is 10.9 Å². The lowest BCUT2D eigenvalue weighted by atomic mass is 10.1. The largest absolute Gasteiger partial charge is 0.212 e. The third-order valence-corrected chi connectivity index (χ3v) is 3.27. The topological polar surface area (TPSA) is 27.7 Å². The van der Waals surface area contributed by atoms with Gasteiger partial charge in [-0.25, -0.2) is 0 Å². The molecule has 2 heteroatoms. The van der Waals surface area contributed by atoms with Crippen LogP contribution in [0, 0.1) is 11.3 Å². The van der Waals surface area contributed by atoms with Gasteiger partial charge in [-0.3, -0.25) is 0 Å². The molecule has 90 valence electrons. The Bertz CT molecular complexity index is 764. The van der Waals surface area contributed by atoms with Crippen molar-refractivity contribution in [1.82, 2.24) is 0 Å². The van der Waals surface area contributed by atoms with Crippen molar-refractivity contribution in [2.24, 2.45) is 0 Å². The average Bonchev–Trinajstić information content (AvgIpc) is 2.48. The molecule has 0 atom stereocenters. The second-order valence-corrected chi connectivity index (χ2v) is 4.46. The molecule has 0 aliphatic rings. The Hall–Kier alpha value is -2.66. The molecule has 0 amide bonds. The molecule has 0 aliphatic carbocycles. The third kappa shape index (κ3) is 2.19. The van der Waals surface area contributed by atoms with Gasteiger partial charge in [-0.1, -0.05) is 30.3 Å². The molecular formula is C17H13N2+. The lowest BCUT2D eigenvalue weighted by molar-refractivity contribution is -0.662. The van der Waals surface area contributed by atoms with E-state index >= 15 is 0 Å². The highest BCUT2D eigenvalue weighted by Gasteiger charge is 2.10. The van der Waals surface area contributed by atoms with Gasteiger partial charge >= 0.3 is 0 Å². The van der Waals surface area contributed by atoms with Crippen molar-refractivity contribution in [3.8, 4) is 6.07 Å². The minimum atomic E-state index is 0.713. The normalized spacial score (nSPS) is 10.3. The van der Waals surface area contributed by atoms with Gasteiger partial charge < -0.3 is 0 Å². The Labute approximate surface area is 112 Å². The molecule has 2 aromatic carbocycles. The van der Waals surface area contributed by atoms with Gasteiger partial charge in [0.1, 0.15) is 0 Å². The van der Waals surface area contributed by atoms with Crippen LogP contribution >= 0.6 is 0 Å². The molecule has 0 bridgehead atoms. The quantitative estimate of drug-likeness (QED) is 0.638. The van der Waals surface area contributed by atoms with E-state index in [1.165, 1.54) is 10.9 Å². The zero-order valence-electron chi connectivity index (χ0n) is 10.5. The number of aromatic nitrogens is 1. The highest BCUT2D eigenvalue weighted by atomic mass is 14.9. The summed E-state index contributed by atoms with van der Waals surface area (Å²) in [5, 5.41) is 10.4. The molecule has 0 radical (unpaired) electrons. The standard InChI is InChI=1S/C17H13N2/c18-12-15-7-1-2-8-16(15)13-19-11-5-9-14-6-3-4-10-17(14)19/h1-11H,13H2/q+1. The van der Waals surface area contributed by atoms with Crippen LogP contribution in [0.5, 0.6) is 0 Å². The van der Waals surface area contributed by atoms with E-state index in [1.54, 1.807) is 0 Å². The Morgan fingerprint density at radius 1 is 0.895 bits per heavy atom. The minimum absolute atomic E-state index is 0.713. The second kappa shape index (κ2) is 4.91. The fourth-order valence-electron chi connectivity index (χ4n) is 2.31. The summed E-state index contributed by atoms with van der Waals surface area (Å²) in [7, 11) is 0. The van der Waals surface area contributed by atoms with Gasteiger partial charge in [0.25, 0.3) is 0 Å². The predicted octanol–water partition coefficient (Wildman–Crippen LogP) is 3.05. The first-order valence-electron chi connectivity index (χ1n) is 6.24. The molecule has 0 saturated heterocycles. The summed E-state index contributed by atoms with van der Waals surface area (Å²) in [5.41, 5.74) is 2.96. The highest BCUT2D eigenvalue weighted by Crippen LogP contribution is 2.11. The van der Waals surface area contributed by atoms with Gasteiger partial charge in [0.2, 0.25) is 5.52 Å². The Morgan fingerprint density at radius 3 is 2.53 bits per heavy atom. The van der Waals surface area contributed by atoms with Crippen LogP contribution in [0.4, 0.5) is 0 Å². The summed E-state index contributed by atoms with van der Waals surface area (Å²) < 4.78 is 2.17. The van der Waals surface area contributed by atoms with Crippen molar-refractivity contribution >= 4 is 10.9 Å². The maximum Gasteiger partial charge on any atom is 0.212 e. The van der Waals surface area contributed by atoms with Crippen molar-refractivity contribution < 1.29 is 4.57 Å². The van der Waals surface area contributed by atoms with Gasteiger partial charge in [-0.15, -0.1) is 0 Å². The van der Waals surface area contributed by atoms with Crippen molar-refractivity contribution in [3.63, 3.8) is 0 Å². The number of para-hydroxylation sites is 1. The lowest BCUT2D eigenvalue weighted by Gasteiger charge is -2.03. The molecule has 3 aromatic rings. The minimum Gasteiger partial charge on any atom is -0.194 e. The molecule has 0 N–H and O–H groups in total. The van der Waals surface area contributed by atoms with E-state index in [4.69, 9.17) is 5.26 Å². The van der Waals surface area contributed by atoms with E-state index in [0.29, 0.717) is 6.54 Å². The molecule has 1 aromatic heterocycles. The molecular weight excluding hydrogens is 232 g/mol. The summed E-state index contributed by atoms with van der Waals surface area (Å²) in [6.45, 7) is 0.713. The van der Waals surface area contributed by atoms with Crippen LogP contribution in [0.1, 0.15) is 11.1 Å². The van der Waals surface area contributed by atoms with Crippen molar-refractivity contribution in [2.75, 3.05) is 0 Å². The monoisotopic (exact) mass is 245 g/mol. The zero-order valence-corrected chi connectivity index (χ0v) is 10.5. The van der Waals surface area contributed by atoms with E-state index in [0.717, 1.165) is 11.1 Å². The molecule has 0 fully saturated rings. The number of benzene rings is 2. The van der Waals surface area contributed by atoms with Crippen LogP contribution in [0.2, 0.25) is 0 Å². The van der Waals surface area contributed by atoms with Gasteiger partial charge in [0.05, 0.1) is 11.6 Å². The van der Waals surface area contributed by atoms with Gasteiger partial charge in [0.15, 0.2) is 12.7 Å². The van der Waals surface area contributed by atoms with Crippen LogP contribution < -0.4 is 4.57 Å². The van der Waals surface area contributed by atoms with Crippen LogP contribution in [0.3, 0.4) is 0 Å². The van der Waals surface area contributed by atoms with Crippen LogP contribution in [0.15, 0.2) is 66.9 Å². The second-order valence-electron chi connectivity index (χ2n) is 4.46. The number of hydrogen-bond acceptors (Lipinski definition) is 1. The number of rotatable bonds is 2. The Morgan fingerprint density at radius 2 is 1.63 bits per heavy atom. The van der Waals surface area contributed by atoms with Gasteiger partial charge in [0, 0.05) is 23.1 Å². The van der Waals surface area contributed by atoms with Gasteiger partial charge in [-0.2, -0.15) is 9.83 Å². The highest BCUT2D eigenvalue weighted by molar-refractivity contribution is 5.74. The molecule has 0 spiro atoms. The maximum atomic E-state index is 9.15. The fourth-order valence-corrected chi connectivity index (χ4v) is 2.31. The van der Waals surface area contributed by atoms with Crippen LogP contribution in [-0.2, 0) is 6.54 Å². The molecule has 0 saturated carbocycles. The number of fused-ring (bicyclic) bond motifs is 1.